The predicted octanol–water partition coefficient (Wildman–Crippen LogP) is 4.46. The summed E-state index contributed by atoms with van der Waals surface area (Å²) in [5.41, 5.74) is 4.02. The Kier molecular flexibility index (Phi) is 10.2. The predicted molar refractivity (Wildman–Crippen MR) is 169 cm³/mol. The molecule has 0 bridgehead atoms. The molecule has 7 nitrogen and oxygen atoms in total. The van der Waals surface area contributed by atoms with Gasteiger partial charge in [-0.1, -0.05) is 79.7 Å². The minimum absolute atomic E-state index is 0.0448. The van der Waals surface area contributed by atoms with Crippen molar-refractivity contribution in [2.45, 2.75) is 62.6 Å². The van der Waals surface area contributed by atoms with Gasteiger partial charge >= 0.3 is 0 Å². The molecule has 2 fully saturated rings. The standard InChI is InChI=1S/C36H43N5O2/c1-3-33(38-2)35(42)39-34(20-26-11-10-12-27(19-26)22-37)36(43)41-24-31(29-15-8-5-9-16-29)21-32(41)25-40-18-17-30(23-40)28-13-6-4-7-14-28/h4-16,19,30-34,38H,3,17-18,20-21,23-25H2,1-2H3,(H,39,42). The summed E-state index contributed by atoms with van der Waals surface area (Å²) in [7, 11) is 1.76. The fourth-order valence-corrected chi connectivity index (χ4v) is 6.82. The van der Waals surface area contributed by atoms with Crippen LogP contribution in [0.25, 0.3) is 0 Å². The third-order valence-corrected chi connectivity index (χ3v) is 9.16. The quantitative estimate of drug-likeness (QED) is 0.352. The Hall–Kier alpha value is -3.99. The van der Waals surface area contributed by atoms with Gasteiger partial charge < -0.3 is 20.4 Å². The monoisotopic (exact) mass is 577 g/mol. The Morgan fingerprint density at radius 2 is 1.63 bits per heavy atom. The Balaban J connectivity index is 1.39. The van der Waals surface area contributed by atoms with E-state index in [0.717, 1.165) is 38.0 Å². The molecule has 2 heterocycles. The van der Waals surface area contributed by atoms with Crippen LogP contribution in [0.15, 0.2) is 84.9 Å². The molecule has 2 aliphatic rings. The number of rotatable bonds is 11. The molecule has 0 aromatic heterocycles. The molecule has 0 aliphatic carbocycles. The van der Waals surface area contributed by atoms with Crippen LogP contribution < -0.4 is 10.6 Å². The minimum atomic E-state index is -0.725. The second-order valence-electron chi connectivity index (χ2n) is 12.0. The van der Waals surface area contributed by atoms with E-state index in [4.69, 9.17) is 0 Å². The molecule has 0 spiro atoms. The van der Waals surface area contributed by atoms with E-state index in [1.165, 1.54) is 11.1 Å². The van der Waals surface area contributed by atoms with Crippen molar-refractivity contribution in [3.63, 3.8) is 0 Å². The molecule has 2 saturated heterocycles. The summed E-state index contributed by atoms with van der Waals surface area (Å²) < 4.78 is 0. The first kappa shape index (κ1) is 30.5. The molecule has 2 amide bonds. The molecule has 224 valence electrons. The van der Waals surface area contributed by atoms with Crippen LogP contribution in [0.4, 0.5) is 0 Å². The smallest absolute Gasteiger partial charge is 0.245 e. The summed E-state index contributed by atoms with van der Waals surface area (Å²) in [6.45, 7) is 5.39. The van der Waals surface area contributed by atoms with Crippen molar-refractivity contribution in [1.82, 2.24) is 20.4 Å². The maximum absolute atomic E-state index is 14.5. The minimum Gasteiger partial charge on any atom is -0.343 e. The van der Waals surface area contributed by atoms with Crippen molar-refractivity contribution in [3.05, 3.63) is 107 Å². The highest BCUT2D eigenvalue weighted by molar-refractivity contribution is 5.90. The highest BCUT2D eigenvalue weighted by atomic mass is 16.2. The molecule has 5 unspecified atom stereocenters. The molecule has 43 heavy (non-hydrogen) atoms. The summed E-state index contributed by atoms with van der Waals surface area (Å²) >= 11 is 0. The number of nitrogens with one attached hydrogen (secondary N) is 2. The molecule has 5 rings (SSSR count). The Morgan fingerprint density at radius 1 is 0.930 bits per heavy atom. The number of carbonyl (C=O) groups is 2. The number of likely N-dealkylation sites (tertiary alicyclic amines) is 2. The van der Waals surface area contributed by atoms with Crippen molar-refractivity contribution in [3.8, 4) is 6.07 Å². The van der Waals surface area contributed by atoms with E-state index in [-0.39, 0.29) is 29.8 Å². The van der Waals surface area contributed by atoms with Gasteiger partial charge in [-0.15, -0.1) is 0 Å². The Bertz CT molecular complexity index is 1400. The second-order valence-corrected chi connectivity index (χ2v) is 12.0. The molecule has 0 saturated carbocycles. The molecular formula is C36H43N5O2. The first-order valence-electron chi connectivity index (χ1n) is 15.6. The van der Waals surface area contributed by atoms with Crippen LogP contribution in [-0.4, -0.2) is 73.0 Å². The topological polar surface area (TPSA) is 88.5 Å². The average Bonchev–Trinajstić information content (AvgIpc) is 3.70. The van der Waals surface area contributed by atoms with Crippen molar-refractivity contribution >= 4 is 11.8 Å². The van der Waals surface area contributed by atoms with E-state index < -0.39 is 6.04 Å². The van der Waals surface area contributed by atoms with Crippen LogP contribution in [0, 0.1) is 11.3 Å². The second kappa shape index (κ2) is 14.5. The number of nitriles is 1. The van der Waals surface area contributed by atoms with Gasteiger partial charge in [-0.25, -0.2) is 0 Å². The fraction of sp³-hybridized carbons (Fsp3) is 0.417. The van der Waals surface area contributed by atoms with E-state index in [0.29, 0.717) is 30.9 Å². The molecule has 7 heteroatoms. The number of nitrogens with zero attached hydrogens (tertiary/aromatic N) is 3. The third kappa shape index (κ3) is 7.51. The summed E-state index contributed by atoms with van der Waals surface area (Å²) in [5.74, 6) is 0.509. The van der Waals surface area contributed by atoms with Crippen molar-refractivity contribution in [2.24, 2.45) is 0 Å². The maximum Gasteiger partial charge on any atom is 0.245 e. The maximum atomic E-state index is 14.5. The van der Waals surface area contributed by atoms with Crippen LogP contribution >= 0.6 is 0 Å². The van der Waals surface area contributed by atoms with Gasteiger partial charge in [0, 0.05) is 38.0 Å². The summed E-state index contributed by atoms with van der Waals surface area (Å²) in [6.07, 6.45) is 2.95. The van der Waals surface area contributed by atoms with Gasteiger partial charge in [-0.3, -0.25) is 9.59 Å². The van der Waals surface area contributed by atoms with Gasteiger partial charge in [0.15, 0.2) is 0 Å². The van der Waals surface area contributed by atoms with Gasteiger partial charge in [-0.2, -0.15) is 5.26 Å². The zero-order chi connectivity index (χ0) is 30.2. The lowest BCUT2D eigenvalue weighted by Gasteiger charge is -2.32. The first-order valence-corrected chi connectivity index (χ1v) is 15.6. The van der Waals surface area contributed by atoms with Gasteiger partial charge in [0.1, 0.15) is 6.04 Å². The van der Waals surface area contributed by atoms with Crippen LogP contribution in [0.3, 0.4) is 0 Å². The zero-order valence-electron chi connectivity index (χ0n) is 25.3. The Labute approximate surface area is 255 Å². The van der Waals surface area contributed by atoms with E-state index in [1.54, 1.807) is 13.1 Å². The van der Waals surface area contributed by atoms with Gasteiger partial charge in [0.2, 0.25) is 11.8 Å². The molecule has 2 N–H and O–H groups in total. The molecule has 3 aromatic carbocycles. The van der Waals surface area contributed by atoms with Gasteiger partial charge in [-0.05, 0) is 67.6 Å². The number of amides is 2. The largest absolute Gasteiger partial charge is 0.343 e. The molecule has 3 aromatic rings. The molecule has 5 atom stereocenters. The van der Waals surface area contributed by atoms with E-state index in [1.807, 2.05) is 36.1 Å². The number of hydrogen-bond donors (Lipinski definition) is 2. The number of likely N-dealkylation sites (N-methyl/N-ethyl adjacent to an activating group) is 1. The SMILES string of the molecule is CCC(NC)C(=O)NC(Cc1cccc(C#N)c1)C(=O)N1CC(c2ccccc2)CC1CN1CCC(c2ccccc2)C1. The lowest BCUT2D eigenvalue weighted by atomic mass is 9.96. The van der Waals surface area contributed by atoms with E-state index in [9.17, 15) is 14.9 Å². The Morgan fingerprint density at radius 3 is 2.28 bits per heavy atom. The summed E-state index contributed by atoms with van der Waals surface area (Å²) in [6, 6.07) is 29.6. The molecule has 0 radical (unpaired) electrons. The van der Waals surface area contributed by atoms with Crippen LogP contribution in [0.1, 0.15) is 60.3 Å². The van der Waals surface area contributed by atoms with E-state index >= 15 is 0 Å². The number of hydrogen-bond acceptors (Lipinski definition) is 5. The lowest BCUT2D eigenvalue weighted by Crippen LogP contribution is -2.55. The van der Waals surface area contributed by atoms with Crippen LogP contribution in [0.5, 0.6) is 0 Å². The van der Waals surface area contributed by atoms with Gasteiger partial charge in [0.25, 0.3) is 0 Å². The summed E-state index contributed by atoms with van der Waals surface area (Å²) in [5, 5.41) is 15.6. The average molecular weight is 578 g/mol. The molecule has 2 aliphatic heterocycles. The first-order chi connectivity index (χ1) is 21.0. The van der Waals surface area contributed by atoms with Crippen molar-refractivity contribution in [1.29, 1.82) is 5.26 Å². The number of benzene rings is 3. The lowest BCUT2D eigenvalue weighted by molar-refractivity contribution is -0.137. The number of carbonyl (C=O) groups excluding carboxylic acids is 2. The van der Waals surface area contributed by atoms with Crippen molar-refractivity contribution in [2.75, 3.05) is 33.2 Å². The molecular weight excluding hydrogens is 534 g/mol. The highest BCUT2D eigenvalue weighted by Crippen LogP contribution is 2.35. The van der Waals surface area contributed by atoms with Crippen LogP contribution in [0.2, 0.25) is 0 Å². The fourth-order valence-electron chi connectivity index (χ4n) is 6.82. The van der Waals surface area contributed by atoms with Crippen molar-refractivity contribution < 1.29 is 9.59 Å². The third-order valence-electron chi connectivity index (χ3n) is 9.16. The van der Waals surface area contributed by atoms with Crippen LogP contribution in [-0.2, 0) is 16.0 Å². The highest BCUT2D eigenvalue weighted by Gasteiger charge is 2.41. The normalized spacial score (nSPS) is 21.7. The van der Waals surface area contributed by atoms with Gasteiger partial charge in [0.05, 0.1) is 17.7 Å². The summed E-state index contributed by atoms with van der Waals surface area (Å²) in [4.78, 5) is 32.3. The zero-order valence-corrected chi connectivity index (χ0v) is 25.3. The van der Waals surface area contributed by atoms with E-state index in [2.05, 4.69) is 76.2 Å².